The molecular formula is C12H11N3S. The van der Waals surface area contributed by atoms with E-state index in [4.69, 9.17) is 5.26 Å². The third kappa shape index (κ3) is 2.89. The Morgan fingerprint density at radius 1 is 1.31 bits per heavy atom. The van der Waals surface area contributed by atoms with Gasteiger partial charge in [0.15, 0.2) is 0 Å². The standard InChI is InChI=1S/C12H11N3S/c13-6-12-5-10(1-3-15-12)7-14-8-11-2-4-16-9-11/h1-5,9,14H,7-8H2. The largest absolute Gasteiger partial charge is 0.309 e. The highest BCUT2D eigenvalue weighted by molar-refractivity contribution is 7.07. The first-order chi connectivity index (χ1) is 7.88. The van der Waals surface area contributed by atoms with Gasteiger partial charge in [0.05, 0.1) is 0 Å². The Hall–Kier alpha value is -1.70. The molecule has 80 valence electrons. The molecule has 16 heavy (non-hydrogen) atoms. The molecule has 0 aliphatic rings. The lowest BCUT2D eigenvalue weighted by atomic mass is 10.2. The van der Waals surface area contributed by atoms with E-state index in [0.29, 0.717) is 5.69 Å². The van der Waals surface area contributed by atoms with Gasteiger partial charge in [0.1, 0.15) is 11.8 Å². The molecule has 0 fully saturated rings. The van der Waals surface area contributed by atoms with Crippen LogP contribution >= 0.6 is 11.3 Å². The van der Waals surface area contributed by atoms with Crippen LogP contribution in [0.4, 0.5) is 0 Å². The van der Waals surface area contributed by atoms with Gasteiger partial charge in [-0.15, -0.1) is 0 Å². The van der Waals surface area contributed by atoms with E-state index in [1.54, 1.807) is 23.6 Å². The third-order valence-corrected chi connectivity index (χ3v) is 2.91. The number of rotatable bonds is 4. The van der Waals surface area contributed by atoms with Crippen LogP contribution in [0, 0.1) is 11.3 Å². The van der Waals surface area contributed by atoms with Crippen LogP contribution < -0.4 is 5.32 Å². The average Bonchev–Trinajstić information content (AvgIpc) is 2.82. The molecule has 0 saturated carbocycles. The summed E-state index contributed by atoms with van der Waals surface area (Å²) in [5.41, 5.74) is 2.84. The fraction of sp³-hybridized carbons (Fsp3) is 0.167. The quantitative estimate of drug-likeness (QED) is 0.875. The van der Waals surface area contributed by atoms with Crippen molar-refractivity contribution in [1.82, 2.24) is 10.3 Å². The first-order valence-electron chi connectivity index (χ1n) is 4.95. The zero-order chi connectivity index (χ0) is 11.2. The summed E-state index contributed by atoms with van der Waals surface area (Å²) in [5, 5.41) is 16.2. The zero-order valence-electron chi connectivity index (χ0n) is 8.68. The highest BCUT2D eigenvalue weighted by atomic mass is 32.1. The molecule has 4 heteroatoms. The normalized spacial score (nSPS) is 9.94. The number of hydrogen-bond donors (Lipinski definition) is 1. The number of nitrogens with one attached hydrogen (secondary N) is 1. The highest BCUT2D eigenvalue weighted by Crippen LogP contribution is 2.06. The maximum absolute atomic E-state index is 8.71. The van der Waals surface area contributed by atoms with Crippen LogP contribution in [-0.2, 0) is 13.1 Å². The van der Waals surface area contributed by atoms with Gasteiger partial charge < -0.3 is 5.32 Å². The van der Waals surface area contributed by atoms with E-state index < -0.39 is 0 Å². The van der Waals surface area contributed by atoms with Crippen LogP contribution in [0.15, 0.2) is 35.2 Å². The van der Waals surface area contributed by atoms with Crippen molar-refractivity contribution in [1.29, 1.82) is 5.26 Å². The van der Waals surface area contributed by atoms with Crippen molar-refractivity contribution in [2.75, 3.05) is 0 Å². The Morgan fingerprint density at radius 3 is 2.94 bits per heavy atom. The number of aromatic nitrogens is 1. The van der Waals surface area contributed by atoms with Gasteiger partial charge in [-0.3, -0.25) is 0 Å². The van der Waals surface area contributed by atoms with Crippen molar-refractivity contribution in [3.8, 4) is 6.07 Å². The third-order valence-electron chi connectivity index (χ3n) is 2.18. The topological polar surface area (TPSA) is 48.7 Å². The van der Waals surface area contributed by atoms with Crippen molar-refractivity contribution in [2.24, 2.45) is 0 Å². The molecule has 0 amide bonds. The van der Waals surface area contributed by atoms with E-state index >= 15 is 0 Å². The summed E-state index contributed by atoms with van der Waals surface area (Å²) in [5.74, 6) is 0. The van der Waals surface area contributed by atoms with Crippen LogP contribution in [0.3, 0.4) is 0 Å². The molecule has 0 aliphatic carbocycles. The first kappa shape index (κ1) is 10.8. The predicted octanol–water partition coefficient (Wildman–Crippen LogP) is 2.30. The van der Waals surface area contributed by atoms with Crippen LogP contribution in [0.2, 0.25) is 0 Å². The van der Waals surface area contributed by atoms with Gasteiger partial charge in [0.2, 0.25) is 0 Å². The molecular weight excluding hydrogens is 218 g/mol. The molecule has 1 N–H and O–H groups in total. The monoisotopic (exact) mass is 229 g/mol. The van der Waals surface area contributed by atoms with Gasteiger partial charge >= 0.3 is 0 Å². The van der Waals surface area contributed by atoms with E-state index in [0.717, 1.165) is 18.7 Å². The fourth-order valence-corrected chi connectivity index (χ4v) is 2.06. The summed E-state index contributed by atoms with van der Waals surface area (Å²) in [4.78, 5) is 3.93. The van der Waals surface area contributed by atoms with E-state index in [9.17, 15) is 0 Å². The summed E-state index contributed by atoms with van der Waals surface area (Å²) in [7, 11) is 0. The van der Waals surface area contributed by atoms with Gasteiger partial charge in [-0.05, 0) is 40.1 Å². The minimum absolute atomic E-state index is 0.467. The molecule has 2 heterocycles. The molecule has 0 aliphatic heterocycles. The summed E-state index contributed by atoms with van der Waals surface area (Å²) in [6, 6.07) is 7.86. The Bertz CT molecular complexity index is 485. The molecule has 0 bridgehead atoms. The second-order valence-corrected chi connectivity index (χ2v) is 4.18. The Kier molecular flexibility index (Phi) is 3.65. The Labute approximate surface area is 98.4 Å². The number of thiophene rings is 1. The zero-order valence-corrected chi connectivity index (χ0v) is 9.50. The van der Waals surface area contributed by atoms with E-state index in [-0.39, 0.29) is 0 Å². The van der Waals surface area contributed by atoms with E-state index in [1.807, 2.05) is 12.1 Å². The van der Waals surface area contributed by atoms with Gasteiger partial charge in [0.25, 0.3) is 0 Å². The van der Waals surface area contributed by atoms with Crippen molar-refractivity contribution >= 4 is 11.3 Å². The van der Waals surface area contributed by atoms with Crippen LogP contribution in [0.1, 0.15) is 16.8 Å². The first-order valence-corrected chi connectivity index (χ1v) is 5.89. The summed E-state index contributed by atoms with van der Waals surface area (Å²) >= 11 is 1.70. The molecule has 0 saturated heterocycles. The molecule has 0 atom stereocenters. The molecule has 0 radical (unpaired) electrons. The van der Waals surface area contributed by atoms with Crippen molar-refractivity contribution in [2.45, 2.75) is 13.1 Å². The Morgan fingerprint density at radius 2 is 2.19 bits per heavy atom. The lowest BCUT2D eigenvalue weighted by Gasteiger charge is -2.03. The summed E-state index contributed by atoms with van der Waals surface area (Å²) < 4.78 is 0. The van der Waals surface area contributed by atoms with Gasteiger partial charge in [0, 0.05) is 19.3 Å². The molecule has 3 nitrogen and oxygen atoms in total. The second-order valence-electron chi connectivity index (χ2n) is 3.40. The lowest BCUT2D eigenvalue weighted by molar-refractivity contribution is 0.694. The van der Waals surface area contributed by atoms with Crippen molar-refractivity contribution in [3.05, 3.63) is 52.0 Å². The van der Waals surface area contributed by atoms with Crippen LogP contribution in [0.5, 0.6) is 0 Å². The number of pyridine rings is 1. The van der Waals surface area contributed by atoms with Crippen LogP contribution in [-0.4, -0.2) is 4.98 Å². The smallest absolute Gasteiger partial charge is 0.140 e. The number of nitriles is 1. The molecule has 2 rings (SSSR count). The lowest BCUT2D eigenvalue weighted by Crippen LogP contribution is -2.12. The molecule has 0 spiro atoms. The minimum Gasteiger partial charge on any atom is -0.309 e. The summed E-state index contributed by atoms with van der Waals surface area (Å²) in [6.45, 7) is 1.61. The molecule has 2 aromatic rings. The van der Waals surface area contributed by atoms with Crippen molar-refractivity contribution in [3.63, 3.8) is 0 Å². The average molecular weight is 229 g/mol. The maximum Gasteiger partial charge on any atom is 0.140 e. The number of nitrogens with zero attached hydrogens (tertiary/aromatic N) is 2. The van der Waals surface area contributed by atoms with Gasteiger partial charge in [-0.1, -0.05) is 0 Å². The van der Waals surface area contributed by atoms with E-state index in [1.165, 1.54) is 5.56 Å². The van der Waals surface area contributed by atoms with Gasteiger partial charge in [-0.25, -0.2) is 4.98 Å². The highest BCUT2D eigenvalue weighted by Gasteiger charge is 1.97. The van der Waals surface area contributed by atoms with Crippen molar-refractivity contribution < 1.29 is 0 Å². The SMILES string of the molecule is N#Cc1cc(CNCc2ccsc2)ccn1. The molecule has 0 aromatic carbocycles. The minimum atomic E-state index is 0.467. The van der Waals surface area contributed by atoms with E-state index in [2.05, 4.69) is 27.1 Å². The predicted molar refractivity (Wildman–Crippen MR) is 63.8 cm³/mol. The summed E-state index contributed by atoms with van der Waals surface area (Å²) in [6.07, 6.45) is 1.67. The Balaban J connectivity index is 1.88. The number of hydrogen-bond acceptors (Lipinski definition) is 4. The maximum atomic E-state index is 8.71. The molecule has 2 aromatic heterocycles. The second kappa shape index (κ2) is 5.40. The van der Waals surface area contributed by atoms with Crippen LogP contribution in [0.25, 0.3) is 0 Å². The fourth-order valence-electron chi connectivity index (χ4n) is 1.39. The molecule has 0 unspecified atom stereocenters. The van der Waals surface area contributed by atoms with Gasteiger partial charge in [-0.2, -0.15) is 16.6 Å².